The van der Waals surface area contributed by atoms with Gasteiger partial charge in [-0.05, 0) is 43.4 Å². The van der Waals surface area contributed by atoms with Gasteiger partial charge in [-0.1, -0.05) is 20.8 Å². The molecule has 0 heterocycles. The highest BCUT2D eigenvalue weighted by Gasteiger charge is 2.21. The number of urea groups is 1. The van der Waals surface area contributed by atoms with Crippen LogP contribution in [0.1, 0.15) is 52.9 Å². The zero-order chi connectivity index (χ0) is 13.6. The number of nitrogens with one attached hydrogen (secondary N) is 2. The van der Waals surface area contributed by atoms with Crippen molar-refractivity contribution >= 4 is 6.03 Å². The summed E-state index contributed by atoms with van der Waals surface area (Å²) in [5, 5.41) is 14.9. The molecule has 0 aromatic heterocycles. The van der Waals surface area contributed by atoms with E-state index >= 15 is 0 Å². The molecular weight excluding hydrogens is 228 g/mol. The molecule has 1 aliphatic rings. The monoisotopic (exact) mass is 256 g/mol. The summed E-state index contributed by atoms with van der Waals surface area (Å²) >= 11 is 0. The van der Waals surface area contributed by atoms with Gasteiger partial charge in [-0.2, -0.15) is 0 Å². The lowest BCUT2D eigenvalue weighted by Gasteiger charge is -2.28. The van der Waals surface area contributed by atoms with Crippen LogP contribution >= 0.6 is 0 Å². The van der Waals surface area contributed by atoms with Crippen LogP contribution in [0.25, 0.3) is 0 Å². The van der Waals surface area contributed by atoms with Crippen LogP contribution in [-0.4, -0.2) is 30.3 Å². The Bertz CT molecular complexity index is 259. The Balaban J connectivity index is 2.21. The van der Waals surface area contributed by atoms with Gasteiger partial charge < -0.3 is 15.7 Å². The van der Waals surface area contributed by atoms with E-state index in [1.807, 2.05) is 13.8 Å². The number of carbonyl (C=O) groups is 1. The van der Waals surface area contributed by atoms with Crippen LogP contribution in [0.5, 0.6) is 0 Å². The van der Waals surface area contributed by atoms with E-state index in [0.717, 1.165) is 18.8 Å². The van der Waals surface area contributed by atoms with Crippen LogP contribution in [0, 0.1) is 11.3 Å². The fourth-order valence-corrected chi connectivity index (χ4v) is 2.35. The van der Waals surface area contributed by atoms with Gasteiger partial charge in [0.2, 0.25) is 0 Å². The quantitative estimate of drug-likeness (QED) is 0.706. The van der Waals surface area contributed by atoms with E-state index in [4.69, 9.17) is 5.11 Å². The zero-order valence-electron chi connectivity index (χ0n) is 12.0. The summed E-state index contributed by atoms with van der Waals surface area (Å²) in [6, 6.07) is 0.266. The molecule has 0 saturated heterocycles. The van der Waals surface area contributed by atoms with Crippen LogP contribution in [0.3, 0.4) is 0 Å². The van der Waals surface area contributed by atoms with Gasteiger partial charge in [-0.25, -0.2) is 4.79 Å². The number of aliphatic hydroxyl groups excluding tert-OH is 1. The molecule has 0 spiro atoms. The van der Waals surface area contributed by atoms with Gasteiger partial charge in [-0.3, -0.25) is 0 Å². The SMILES string of the molecule is CC1CCC(NC(=O)NCC(C)(C)CCO)CC1. The second-order valence-corrected chi connectivity index (χ2v) is 6.42. The van der Waals surface area contributed by atoms with Crippen LogP contribution in [-0.2, 0) is 0 Å². The molecule has 0 atom stereocenters. The van der Waals surface area contributed by atoms with Crippen LogP contribution < -0.4 is 10.6 Å². The molecule has 18 heavy (non-hydrogen) atoms. The highest BCUT2D eigenvalue weighted by Crippen LogP contribution is 2.23. The maximum atomic E-state index is 11.8. The van der Waals surface area contributed by atoms with E-state index in [1.54, 1.807) is 0 Å². The van der Waals surface area contributed by atoms with E-state index in [1.165, 1.54) is 12.8 Å². The number of aliphatic hydroxyl groups is 1. The highest BCUT2D eigenvalue weighted by molar-refractivity contribution is 5.74. The lowest BCUT2D eigenvalue weighted by molar-refractivity contribution is 0.198. The van der Waals surface area contributed by atoms with Crippen molar-refractivity contribution in [2.45, 2.75) is 58.9 Å². The first-order valence-corrected chi connectivity index (χ1v) is 7.08. The average Bonchev–Trinajstić information content (AvgIpc) is 2.30. The molecule has 106 valence electrons. The van der Waals surface area contributed by atoms with E-state index < -0.39 is 0 Å². The molecule has 0 radical (unpaired) electrons. The molecule has 0 unspecified atom stereocenters. The van der Waals surface area contributed by atoms with Gasteiger partial charge in [0, 0.05) is 19.2 Å². The third kappa shape index (κ3) is 5.71. The van der Waals surface area contributed by atoms with Gasteiger partial charge in [0.15, 0.2) is 0 Å². The molecule has 0 aromatic carbocycles. The van der Waals surface area contributed by atoms with Crippen molar-refractivity contribution in [1.82, 2.24) is 10.6 Å². The predicted octanol–water partition coefficient (Wildman–Crippen LogP) is 2.27. The molecule has 4 nitrogen and oxygen atoms in total. The van der Waals surface area contributed by atoms with Crippen LogP contribution in [0.4, 0.5) is 4.79 Å². The molecule has 1 saturated carbocycles. The number of hydrogen-bond acceptors (Lipinski definition) is 2. The zero-order valence-corrected chi connectivity index (χ0v) is 12.0. The van der Waals surface area contributed by atoms with E-state index in [-0.39, 0.29) is 18.1 Å². The van der Waals surface area contributed by atoms with Crippen LogP contribution in [0.15, 0.2) is 0 Å². The number of carbonyl (C=O) groups excluding carboxylic acids is 1. The minimum absolute atomic E-state index is 0.0484. The maximum absolute atomic E-state index is 11.8. The summed E-state index contributed by atoms with van der Waals surface area (Å²) in [6.07, 6.45) is 5.30. The molecule has 4 heteroatoms. The average molecular weight is 256 g/mol. The fraction of sp³-hybridized carbons (Fsp3) is 0.929. The Morgan fingerprint density at radius 1 is 1.28 bits per heavy atom. The van der Waals surface area contributed by atoms with Gasteiger partial charge in [-0.15, -0.1) is 0 Å². The van der Waals surface area contributed by atoms with Crippen molar-refractivity contribution in [3.63, 3.8) is 0 Å². The van der Waals surface area contributed by atoms with Crippen molar-refractivity contribution in [3.8, 4) is 0 Å². The topological polar surface area (TPSA) is 61.4 Å². The van der Waals surface area contributed by atoms with Crippen LogP contribution in [0.2, 0.25) is 0 Å². The van der Waals surface area contributed by atoms with Crippen molar-refractivity contribution in [1.29, 1.82) is 0 Å². The highest BCUT2D eigenvalue weighted by atomic mass is 16.3. The van der Waals surface area contributed by atoms with Gasteiger partial charge >= 0.3 is 6.03 Å². The first kappa shape index (κ1) is 15.3. The molecule has 1 rings (SSSR count). The van der Waals surface area contributed by atoms with Crippen molar-refractivity contribution in [2.75, 3.05) is 13.2 Å². The Labute approximate surface area is 111 Å². The van der Waals surface area contributed by atoms with Gasteiger partial charge in [0.1, 0.15) is 0 Å². The molecule has 3 N–H and O–H groups in total. The smallest absolute Gasteiger partial charge is 0.315 e. The summed E-state index contributed by atoms with van der Waals surface area (Å²) in [6.45, 7) is 7.13. The maximum Gasteiger partial charge on any atom is 0.315 e. The number of hydrogen-bond donors (Lipinski definition) is 3. The van der Waals surface area contributed by atoms with E-state index in [2.05, 4.69) is 17.6 Å². The molecule has 1 aliphatic carbocycles. The molecule has 1 fully saturated rings. The summed E-state index contributed by atoms with van der Waals surface area (Å²) in [5.74, 6) is 0.801. The Kier molecular flexibility index (Phi) is 5.93. The number of amides is 2. The summed E-state index contributed by atoms with van der Waals surface area (Å²) in [7, 11) is 0. The van der Waals surface area contributed by atoms with Gasteiger partial charge in [0.05, 0.1) is 0 Å². The first-order chi connectivity index (χ1) is 8.43. The summed E-state index contributed by atoms with van der Waals surface area (Å²) in [5.41, 5.74) is -0.0484. The van der Waals surface area contributed by atoms with Gasteiger partial charge in [0.25, 0.3) is 0 Å². The van der Waals surface area contributed by atoms with E-state index in [9.17, 15) is 4.79 Å². The summed E-state index contributed by atoms with van der Waals surface area (Å²) in [4.78, 5) is 11.8. The normalized spacial score (nSPS) is 24.7. The number of rotatable bonds is 5. The summed E-state index contributed by atoms with van der Waals surface area (Å²) < 4.78 is 0. The molecule has 0 bridgehead atoms. The standard InChI is InChI=1S/C14H28N2O2/c1-11-4-6-12(7-5-11)16-13(18)15-10-14(2,3)8-9-17/h11-12,17H,4-10H2,1-3H3,(H2,15,16,18). The predicted molar refractivity (Wildman–Crippen MR) is 73.4 cm³/mol. The van der Waals surface area contributed by atoms with Crippen molar-refractivity contribution < 1.29 is 9.90 Å². The van der Waals surface area contributed by atoms with Crippen molar-refractivity contribution in [3.05, 3.63) is 0 Å². The lowest BCUT2D eigenvalue weighted by Crippen LogP contribution is -2.46. The minimum Gasteiger partial charge on any atom is -0.396 e. The third-order valence-electron chi connectivity index (χ3n) is 3.87. The van der Waals surface area contributed by atoms with Crippen molar-refractivity contribution in [2.24, 2.45) is 11.3 Å². The lowest BCUT2D eigenvalue weighted by atomic mass is 9.87. The minimum atomic E-state index is -0.0689. The Morgan fingerprint density at radius 3 is 2.44 bits per heavy atom. The Morgan fingerprint density at radius 2 is 1.89 bits per heavy atom. The molecule has 2 amide bonds. The molecule has 0 aliphatic heterocycles. The largest absolute Gasteiger partial charge is 0.396 e. The second-order valence-electron chi connectivity index (χ2n) is 6.42. The second kappa shape index (κ2) is 6.98. The first-order valence-electron chi connectivity index (χ1n) is 7.08. The third-order valence-corrected chi connectivity index (χ3v) is 3.87. The fourth-order valence-electron chi connectivity index (χ4n) is 2.35. The molecular formula is C14H28N2O2. The molecule has 0 aromatic rings. The van der Waals surface area contributed by atoms with E-state index in [0.29, 0.717) is 19.0 Å². The Hall–Kier alpha value is -0.770.